The van der Waals surface area contributed by atoms with Crippen LogP contribution in [0.25, 0.3) is 0 Å². The molecule has 0 spiro atoms. The van der Waals surface area contributed by atoms with Crippen molar-refractivity contribution in [2.45, 2.75) is 6.42 Å². The van der Waals surface area contributed by atoms with Gasteiger partial charge in [0.05, 0.1) is 10.7 Å². The molecule has 1 aliphatic rings. The molecular formula is C13H20ClN3. The predicted molar refractivity (Wildman–Crippen MR) is 73.8 cm³/mol. The fraction of sp³-hybridized carbons (Fsp3) is 0.538. The summed E-state index contributed by atoms with van der Waals surface area (Å²) in [6.07, 6.45) is 1.09. The second-order valence-electron chi connectivity index (χ2n) is 4.42. The van der Waals surface area contributed by atoms with Gasteiger partial charge in [-0.15, -0.1) is 0 Å². The van der Waals surface area contributed by atoms with Gasteiger partial charge in [-0.3, -0.25) is 4.90 Å². The fourth-order valence-corrected chi connectivity index (χ4v) is 2.49. The topological polar surface area (TPSA) is 32.5 Å². The third-order valence-electron chi connectivity index (χ3n) is 3.24. The molecule has 0 unspecified atom stereocenters. The Kier molecular flexibility index (Phi) is 4.66. The van der Waals surface area contributed by atoms with E-state index in [1.54, 1.807) is 0 Å². The van der Waals surface area contributed by atoms with Crippen LogP contribution in [0, 0.1) is 0 Å². The maximum absolute atomic E-state index is 6.21. The molecule has 0 aromatic heterocycles. The van der Waals surface area contributed by atoms with Crippen molar-refractivity contribution in [3.8, 4) is 0 Å². The summed E-state index contributed by atoms with van der Waals surface area (Å²) in [4.78, 5) is 4.83. The van der Waals surface area contributed by atoms with Crippen LogP contribution in [-0.4, -0.2) is 44.2 Å². The van der Waals surface area contributed by atoms with Gasteiger partial charge in [0.15, 0.2) is 0 Å². The molecular weight excluding hydrogens is 234 g/mol. The third-order valence-corrected chi connectivity index (χ3v) is 3.56. The van der Waals surface area contributed by atoms with Crippen molar-refractivity contribution in [3.05, 3.63) is 29.3 Å². The number of nitrogens with two attached hydrogens (primary N) is 1. The van der Waals surface area contributed by atoms with Crippen LogP contribution in [0.2, 0.25) is 5.02 Å². The number of hydrogen-bond donors (Lipinski definition) is 1. The zero-order valence-electron chi connectivity index (χ0n) is 10.1. The first-order valence-electron chi connectivity index (χ1n) is 6.23. The van der Waals surface area contributed by atoms with E-state index in [-0.39, 0.29) is 0 Å². The zero-order chi connectivity index (χ0) is 12.1. The van der Waals surface area contributed by atoms with Crippen molar-refractivity contribution in [1.29, 1.82) is 0 Å². The molecule has 0 atom stereocenters. The Labute approximate surface area is 108 Å². The maximum atomic E-state index is 6.21. The lowest BCUT2D eigenvalue weighted by Gasteiger charge is -2.36. The van der Waals surface area contributed by atoms with Crippen molar-refractivity contribution in [3.63, 3.8) is 0 Å². The highest BCUT2D eigenvalue weighted by Gasteiger charge is 2.17. The highest BCUT2D eigenvalue weighted by molar-refractivity contribution is 6.33. The molecule has 0 bridgehead atoms. The Bertz CT molecular complexity index is 348. The van der Waals surface area contributed by atoms with Crippen LogP contribution in [0.1, 0.15) is 6.42 Å². The van der Waals surface area contributed by atoms with E-state index in [2.05, 4.69) is 15.9 Å². The van der Waals surface area contributed by atoms with E-state index < -0.39 is 0 Å². The fourth-order valence-electron chi connectivity index (χ4n) is 2.24. The summed E-state index contributed by atoms with van der Waals surface area (Å²) in [7, 11) is 0. The number of benzene rings is 1. The zero-order valence-corrected chi connectivity index (χ0v) is 10.9. The molecule has 3 nitrogen and oxygen atoms in total. The van der Waals surface area contributed by atoms with Gasteiger partial charge in [0, 0.05) is 26.2 Å². The Morgan fingerprint density at radius 1 is 1.12 bits per heavy atom. The first-order valence-corrected chi connectivity index (χ1v) is 6.61. The summed E-state index contributed by atoms with van der Waals surface area (Å²) in [5, 5.41) is 0.850. The second-order valence-corrected chi connectivity index (χ2v) is 4.83. The van der Waals surface area contributed by atoms with Crippen LogP contribution in [0.15, 0.2) is 24.3 Å². The molecule has 0 radical (unpaired) electrons. The van der Waals surface area contributed by atoms with E-state index in [1.165, 1.54) is 0 Å². The summed E-state index contributed by atoms with van der Waals surface area (Å²) in [5.74, 6) is 0. The first kappa shape index (κ1) is 12.7. The summed E-state index contributed by atoms with van der Waals surface area (Å²) >= 11 is 6.21. The summed E-state index contributed by atoms with van der Waals surface area (Å²) in [5.41, 5.74) is 6.69. The van der Waals surface area contributed by atoms with Gasteiger partial charge >= 0.3 is 0 Å². The maximum Gasteiger partial charge on any atom is 0.0639 e. The largest absolute Gasteiger partial charge is 0.368 e. The van der Waals surface area contributed by atoms with Crippen LogP contribution < -0.4 is 10.6 Å². The van der Waals surface area contributed by atoms with Gasteiger partial charge in [-0.1, -0.05) is 23.7 Å². The minimum absolute atomic E-state index is 0.782. The van der Waals surface area contributed by atoms with Gasteiger partial charge in [-0.05, 0) is 31.6 Å². The van der Waals surface area contributed by atoms with E-state index >= 15 is 0 Å². The highest BCUT2D eigenvalue weighted by atomic mass is 35.5. The van der Waals surface area contributed by atoms with Crippen LogP contribution in [0.5, 0.6) is 0 Å². The molecule has 0 saturated carbocycles. The molecule has 17 heavy (non-hydrogen) atoms. The van der Waals surface area contributed by atoms with Gasteiger partial charge in [0.2, 0.25) is 0 Å². The van der Waals surface area contributed by atoms with Gasteiger partial charge in [-0.2, -0.15) is 0 Å². The molecule has 1 aromatic rings. The molecule has 94 valence electrons. The van der Waals surface area contributed by atoms with Crippen molar-refractivity contribution >= 4 is 17.3 Å². The number of piperazine rings is 1. The SMILES string of the molecule is NCCCN1CCN(c2ccccc2Cl)CC1. The minimum atomic E-state index is 0.782. The molecule has 1 saturated heterocycles. The van der Waals surface area contributed by atoms with E-state index in [1.807, 2.05) is 18.2 Å². The van der Waals surface area contributed by atoms with Gasteiger partial charge in [-0.25, -0.2) is 0 Å². The number of halogens is 1. The normalized spacial score (nSPS) is 17.4. The van der Waals surface area contributed by atoms with Gasteiger partial charge < -0.3 is 10.6 Å². The predicted octanol–water partition coefficient (Wildman–Crippen LogP) is 1.81. The Morgan fingerprint density at radius 3 is 2.47 bits per heavy atom. The quantitative estimate of drug-likeness (QED) is 0.889. The minimum Gasteiger partial charge on any atom is -0.368 e. The number of rotatable bonds is 4. The van der Waals surface area contributed by atoms with Gasteiger partial charge in [0.1, 0.15) is 0 Å². The Morgan fingerprint density at radius 2 is 1.82 bits per heavy atom. The van der Waals surface area contributed by atoms with Crippen molar-refractivity contribution in [1.82, 2.24) is 4.90 Å². The lowest BCUT2D eigenvalue weighted by Crippen LogP contribution is -2.47. The average Bonchev–Trinajstić information content (AvgIpc) is 2.38. The van der Waals surface area contributed by atoms with Gasteiger partial charge in [0.25, 0.3) is 0 Å². The lowest BCUT2D eigenvalue weighted by atomic mass is 10.2. The molecule has 1 fully saturated rings. The van der Waals surface area contributed by atoms with E-state index in [0.717, 1.165) is 56.4 Å². The number of hydrogen-bond acceptors (Lipinski definition) is 3. The van der Waals surface area contributed by atoms with E-state index in [0.29, 0.717) is 0 Å². The first-order chi connectivity index (χ1) is 8.31. The molecule has 1 aliphatic heterocycles. The van der Waals surface area contributed by atoms with E-state index in [9.17, 15) is 0 Å². The Hall–Kier alpha value is -0.770. The monoisotopic (exact) mass is 253 g/mol. The molecule has 4 heteroatoms. The third kappa shape index (κ3) is 3.35. The van der Waals surface area contributed by atoms with Crippen LogP contribution in [0.4, 0.5) is 5.69 Å². The second kappa shape index (κ2) is 6.24. The summed E-state index contributed by atoms with van der Waals surface area (Å²) in [6.45, 7) is 6.21. The van der Waals surface area contributed by atoms with Crippen LogP contribution >= 0.6 is 11.6 Å². The number of para-hydroxylation sites is 1. The van der Waals surface area contributed by atoms with Crippen molar-refractivity contribution < 1.29 is 0 Å². The highest BCUT2D eigenvalue weighted by Crippen LogP contribution is 2.25. The summed E-state index contributed by atoms with van der Waals surface area (Å²) < 4.78 is 0. The van der Waals surface area contributed by atoms with E-state index in [4.69, 9.17) is 17.3 Å². The van der Waals surface area contributed by atoms with Crippen molar-refractivity contribution in [2.24, 2.45) is 5.73 Å². The molecule has 0 aliphatic carbocycles. The summed E-state index contributed by atoms with van der Waals surface area (Å²) in [6, 6.07) is 8.07. The molecule has 1 aromatic carbocycles. The van der Waals surface area contributed by atoms with Crippen LogP contribution in [0.3, 0.4) is 0 Å². The molecule has 0 amide bonds. The molecule has 2 rings (SSSR count). The van der Waals surface area contributed by atoms with Crippen molar-refractivity contribution in [2.75, 3.05) is 44.2 Å². The molecule has 2 N–H and O–H groups in total. The number of nitrogens with zero attached hydrogens (tertiary/aromatic N) is 2. The lowest BCUT2D eigenvalue weighted by molar-refractivity contribution is 0.256. The molecule has 1 heterocycles. The van der Waals surface area contributed by atoms with Crippen LogP contribution in [-0.2, 0) is 0 Å². The number of anilines is 1. The average molecular weight is 254 g/mol. The standard InChI is InChI=1S/C13H20ClN3/c14-12-4-1-2-5-13(12)17-10-8-16(9-11-17)7-3-6-15/h1-2,4-5H,3,6-11,15H2. The Balaban J connectivity index is 1.89. The smallest absolute Gasteiger partial charge is 0.0639 e.